The molecule has 0 bridgehead atoms. The molecule has 0 N–H and O–H groups in total. The van der Waals surface area contributed by atoms with Gasteiger partial charge in [0.25, 0.3) is 0 Å². The molecule has 0 radical (unpaired) electrons. The molecule has 1 unspecified atom stereocenters. The number of hydrogen-bond acceptors (Lipinski definition) is 2. The first kappa shape index (κ1) is 16.0. The Morgan fingerprint density at radius 1 is 1.14 bits per heavy atom. The van der Waals surface area contributed by atoms with E-state index in [1.165, 1.54) is 0 Å². The summed E-state index contributed by atoms with van der Waals surface area (Å²) in [5.41, 5.74) is 2.60. The van der Waals surface area contributed by atoms with E-state index in [9.17, 15) is 10.0 Å². The van der Waals surface area contributed by atoms with Crippen LogP contribution in [0.15, 0.2) is 54.6 Å². The maximum absolute atomic E-state index is 12.5. The SMILES string of the molecule is CCC(C[N+]([O-])=Cc1ccccc1C)C(=O)c1ccccc1. The van der Waals surface area contributed by atoms with E-state index >= 15 is 0 Å². The van der Waals surface area contributed by atoms with Crippen molar-refractivity contribution in [2.75, 3.05) is 6.54 Å². The minimum absolute atomic E-state index is 0.0298. The van der Waals surface area contributed by atoms with Gasteiger partial charge in [-0.25, -0.2) is 4.74 Å². The summed E-state index contributed by atoms with van der Waals surface area (Å²) in [6.07, 6.45) is 2.21. The van der Waals surface area contributed by atoms with E-state index in [2.05, 4.69) is 0 Å². The van der Waals surface area contributed by atoms with Gasteiger partial charge in [-0.3, -0.25) is 4.79 Å². The lowest BCUT2D eigenvalue weighted by molar-refractivity contribution is -0.458. The van der Waals surface area contributed by atoms with Crippen LogP contribution in [-0.2, 0) is 0 Å². The van der Waals surface area contributed by atoms with Crippen LogP contribution < -0.4 is 0 Å². The third-order valence-electron chi connectivity index (χ3n) is 3.79. The predicted octanol–water partition coefficient (Wildman–Crippen LogP) is 3.83. The monoisotopic (exact) mass is 295 g/mol. The van der Waals surface area contributed by atoms with E-state index in [1.54, 1.807) is 18.3 Å². The minimum atomic E-state index is -0.292. The van der Waals surface area contributed by atoms with Crippen LogP contribution in [0.4, 0.5) is 0 Å². The Morgan fingerprint density at radius 2 is 1.77 bits per heavy atom. The van der Waals surface area contributed by atoms with Gasteiger partial charge in [-0.15, -0.1) is 0 Å². The van der Waals surface area contributed by atoms with Crippen LogP contribution >= 0.6 is 0 Å². The van der Waals surface area contributed by atoms with Gasteiger partial charge in [0.2, 0.25) is 0 Å². The van der Waals surface area contributed by atoms with Crippen molar-refractivity contribution in [3.63, 3.8) is 0 Å². The summed E-state index contributed by atoms with van der Waals surface area (Å²) in [4.78, 5) is 12.5. The molecule has 114 valence electrons. The third-order valence-corrected chi connectivity index (χ3v) is 3.79. The van der Waals surface area contributed by atoms with Crippen LogP contribution in [0.3, 0.4) is 0 Å². The summed E-state index contributed by atoms with van der Waals surface area (Å²) in [5.74, 6) is -0.262. The Hall–Kier alpha value is -2.42. The molecule has 0 aliphatic rings. The van der Waals surface area contributed by atoms with Crippen molar-refractivity contribution < 1.29 is 9.53 Å². The average molecular weight is 295 g/mol. The number of nitrogens with zero attached hydrogens (tertiary/aromatic N) is 1. The van der Waals surface area contributed by atoms with Crippen molar-refractivity contribution in [1.29, 1.82) is 0 Å². The van der Waals surface area contributed by atoms with Gasteiger partial charge in [0.05, 0.1) is 5.92 Å². The summed E-state index contributed by atoms with van der Waals surface area (Å²) in [7, 11) is 0. The molecular formula is C19H21NO2. The first-order chi connectivity index (χ1) is 10.6. The first-order valence-electron chi connectivity index (χ1n) is 7.55. The highest BCUT2D eigenvalue weighted by Gasteiger charge is 2.21. The summed E-state index contributed by atoms with van der Waals surface area (Å²) in [6, 6.07) is 16.9. The highest BCUT2D eigenvalue weighted by Crippen LogP contribution is 2.13. The molecule has 0 saturated heterocycles. The van der Waals surface area contributed by atoms with Crippen molar-refractivity contribution in [3.8, 4) is 0 Å². The molecular weight excluding hydrogens is 274 g/mol. The zero-order chi connectivity index (χ0) is 15.9. The van der Waals surface area contributed by atoms with Gasteiger partial charge in [0, 0.05) is 11.1 Å². The van der Waals surface area contributed by atoms with E-state index in [4.69, 9.17) is 0 Å². The van der Waals surface area contributed by atoms with Crippen LogP contribution in [0.5, 0.6) is 0 Å². The number of ketones is 1. The fourth-order valence-electron chi connectivity index (χ4n) is 2.39. The Balaban J connectivity index is 2.13. The number of carbonyl (C=O) groups is 1. The summed E-state index contributed by atoms with van der Waals surface area (Å²) < 4.78 is 0.872. The number of benzene rings is 2. The Labute approximate surface area is 131 Å². The van der Waals surface area contributed by atoms with Gasteiger partial charge in [0.1, 0.15) is 0 Å². The molecule has 2 aromatic carbocycles. The van der Waals surface area contributed by atoms with Crippen molar-refractivity contribution in [3.05, 3.63) is 76.5 Å². The van der Waals surface area contributed by atoms with Crippen molar-refractivity contribution in [1.82, 2.24) is 0 Å². The van der Waals surface area contributed by atoms with E-state index in [1.807, 2.05) is 56.3 Å². The summed E-state index contributed by atoms with van der Waals surface area (Å²) >= 11 is 0. The van der Waals surface area contributed by atoms with E-state index < -0.39 is 0 Å². The molecule has 2 rings (SSSR count). The van der Waals surface area contributed by atoms with Crippen LogP contribution in [0.2, 0.25) is 0 Å². The maximum atomic E-state index is 12.5. The van der Waals surface area contributed by atoms with Gasteiger partial charge < -0.3 is 5.21 Å². The van der Waals surface area contributed by atoms with E-state index in [-0.39, 0.29) is 18.2 Å². The molecule has 2 aromatic rings. The van der Waals surface area contributed by atoms with Gasteiger partial charge in [-0.05, 0) is 25.0 Å². The van der Waals surface area contributed by atoms with E-state index in [0.29, 0.717) is 12.0 Å². The Morgan fingerprint density at radius 3 is 2.41 bits per heavy atom. The number of aryl methyl sites for hydroxylation is 1. The van der Waals surface area contributed by atoms with Crippen LogP contribution in [0.25, 0.3) is 0 Å². The molecule has 0 aliphatic carbocycles. The topological polar surface area (TPSA) is 43.1 Å². The number of Topliss-reactive ketones (excluding diaryl/α,β-unsaturated/α-hetero) is 1. The number of rotatable bonds is 6. The fraction of sp³-hybridized carbons (Fsp3) is 0.263. The Bertz CT molecular complexity index is 662. The lowest BCUT2D eigenvalue weighted by Gasteiger charge is -2.13. The van der Waals surface area contributed by atoms with Crippen LogP contribution in [0, 0.1) is 18.0 Å². The predicted molar refractivity (Wildman–Crippen MR) is 89.4 cm³/mol. The highest BCUT2D eigenvalue weighted by molar-refractivity contribution is 5.97. The number of hydrogen-bond donors (Lipinski definition) is 0. The molecule has 0 fully saturated rings. The molecule has 0 spiro atoms. The zero-order valence-electron chi connectivity index (χ0n) is 13.0. The molecule has 3 nitrogen and oxygen atoms in total. The molecule has 3 heteroatoms. The summed E-state index contributed by atoms with van der Waals surface area (Å²) in [5, 5.41) is 12.2. The largest absolute Gasteiger partial charge is 0.624 e. The molecule has 0 saturated carbocycles. The zero-order valence-corrected chi connectivity index (χ0v) is 13.0. The third kappa shape index (κ3) is 4.04. The molecule has 0 aliphatic heterocycles. The second-order valence-electron chi connectivity index (χ2n) is 5.42. The fourth-order valence-corrected chi connectivity index (χ4v) is 2.39. The van der Waals surface area contributed by atoms with Crippen molar-refractivity contribution >= 4 is 12.0 Å². The van der Waals surface area contributed by atoms with Gasteiger partial charge >= 0.3 is 0 Å². The second kappa shape index (κ2) is 7.55. The lowest BCUT2D eigenvalue weighted by atomic mass is 9.95. The van der Waals surface area contributed by atoms with Crippen LogP contribution in [-0.4, -0.2) is 23.3 Å². The van der Waals surface area contributed by atoms with Gasteiger partial charge in [-0.2, -0.15) is 0 Å². The molecule has 0 aromatic heterocycles. The quantitative estimate of drug-likeness (QED) is 0.267. The highest BCUT2D eigenvalue weighted by atomic mass is 16.5. The van der Waals surface area contributed by atoms with Gasteiger partial charge in [-0.1, -0.05) is 55.5 Å². The molecule has 22 heavy (non-hydrogen) atoms. The number of hydroxylamine groups is 1. The lowest BCUT2D eigenvalue weighted by Crippen LogP contribution is -2.24. The Kier molecular flexibility index (Phi) is 5.48. The molecule has 1 atom stereocenters. The summed E-state index contributed by atoms with van der Waals surface area (Å²) in [6.45, 7) is 4.08. The number of carbonyl (C=O) groups excluding carboxylic acids is 1. The smallest absolute Gasteiger partial charge is 0.182 e. The molecule has 0 amide bonds. The average Bonchev–Trinajstić information content (AvgIpc) is 2.55. The first-order valence-corrected chi connectivity index (χ1v) is 7.55. The second-order valence-corrected chi connectivity index (χ2v) is 5.42. The van der Waals surface area contributed by atoms with Crippen molar-refractivity contribution in [2.45, 2.75) is 20.3 Å². The standard InChI is InChI=1S/C19H21NO2/c1-3-16(19(21)17-10-5-4-6-11-17)13-20(22)14-18-12-8-7-9-15(18)2/h4-12,14,16H,3,13H2,1-2H3. The van der Waals surface area contributed by atoms with E-state index in [0.717, 1.165) is 15.9 Å². The maximum Gasteiger partial charge on any atom is 0.182 e. The molecule has 0 heterocycles. The normalized spacial score (nSPS) is 12.9. The van der Waals surface area contributed by atoms with Gasteiger partial charge in [0.15, 0.2) is 18.5 Å². The minimum Gasteiger partial charge on any atom is -0.624 e. The van der Waals surface area contributed by atoms with Crippen molar-refractivity contribution in [2.24, 2.45) is 5.92 Å². The van der Waals surface area contributed by atoms with Crippen LogP contribution in [0.1, 0.15) is 34.8 Å².